The summed E-state index contributed by atoms with van der Waals surface area (Å²) in [6.45, 7) is 0. The highest BCUT2D eigenvalue weighted by Gasteiger charge is 2.09. The van der Waals surface area contributed by atoms with Crippen LogP contribution in [-0.4, -0.2) is 26.4 Å². The van der Waals surface area contributed by atoms with Crippen LogP contribution in [0.25, 0.3) is 0 Å². The van der Waals surface area contributed by atoms with Gasteiger partial charge in [0, 0.05) is 17.7 Å². The maximum atomic E-state index is 10.0. The Morgan fingerprint density at radius 3 is 2.05 bits per heavy atom. The molecule has 108 valence electrons. The van der Waals surface area contributed by atoms with Gasteiger partial charge in [-0.05, 0) is 24.3 Å². The van der Waals surface area contributed by atoms with Crippen molar-refractivity contribution in [1.82, 2.24) is 0 Å². The van der Waals surface area contributed by atoms with Crippen molar-refractivity contribution in [3.05, 3.63) is 47.5 Å². The third-order valence-electron chi connectivity index (χ3n) is 2.93. The van der Waals surface area contributed by atoms with Crippen LogP contribution in [0.1, 0.15) is 11.1 Å². The summed E-state index contributed by atoms with van der Waals surface area (Å²) >= 11 is 0. The van der Waals surface area contributed by atoms with Gasteiger partial charge >= 0.3 is 0 Å². The molecular weight excluding hydrogens is 268 g/mol. The summed E-state index contributed by atoms with van der Waals surface area (Å²) in [5.74, 6) is 7.66. The molecule has 0 fully saturated rings. The van der Waals surface area contributed by atoms with Gasteiger partial charge in [0.25, 0.3) is 0 Å². The summed E-state index contributed by atoms with van der Waals surface area (Å²) in [7, 11) is 4.66. The molecule has 0 radical (unpaired) electrons. The lowest BCUT2D eigenvalue weighted by molar-refractivity contribution is 0.383. The Labute approximate surface area is 123 Å². The van der Waals surface area contributed by atoms with Crippen molar-refractivity contribution in [1.29, 1.82) is 0 Å². The Bertz CT molecular complexity index is 678. The van der Waals surface area contributed by atoms with Crippen LogP contribution in [0.3, 0.4) is 0 Å². The standard InChI is InChI=1S/C17H16O4/c1-19-13-7-4-12(5-8-13)6-9-15-16(18)10-14(20-2)11-17(15)21-3/h4-5,7-8,10-11,18H,1-3H3. The molecule has 1 N–H and O–H groups in total. The Balaban J connectivity index is 2.37. The molecule has 0 aromatic heterocycles. The molecule has 21 heavy (non-hydrogen) atoms. The first kappa shape index (κ1) is 14.6. The first-order valence-corrected chi connectivity index (χ1v) is 6.29. The molecule has 0 aliphatic carbocycles. The van der Waals surface area contributed by atoms with Gasteiger partial charge in [0.1, 0.15) is 28.6 Å². The lowest BCUT2D eigenvalue weighted by Gasteiger charge is -2.08. The van der Waals surface area contributed by atoms with E-state index in [-0.39, 0.29) is 5.75 Å². The molecule has 0 saturated carbocycles. The van der Waals surface area contributed by atoms with Crippen LogP contribution in [0, 0.1) is 11.8 Å². The average molecular weight is 284 g/mol. The predicted octanol–water partition coefficient (Wildman–Crippen LogP) is 2.82. The van der Waals surface area contributed by atoms with E-state index in [4.69, 9.17) is 14.2 Å². The van der Waals surface area contributed by atoms with Crippen molar-refractivity contribution < 1.29 is 19.3 Å². The summed E-state index contributed by atoms with van der Waals surface area (Å²) in [5.41, 5.74) is 1.24. The fraction of sp³-hybridized carbons (Fsp3) is 0.176. The van der Waals surface area contributed by atoms with E-state index in [1.807, 2.05) is 24.3 Å². The first-order chi connectivity index (χ1) is 10.2. The Kier molecular flexibility index (Phi) is 4.57. The third-order valence-corrected chi connectivity index (χ3v) is 2.93. The number of rotatable bonds is 3. The van der Waals surface area contributed by atoms with E-state index in [9.17, 15) is 5.11 Å². The molecule has 0 spiro atoms. The number of phenolic OH excluding ortho intramolecular Hbond substituents is 1. The van der Waals surface area contributed by atoms with Crippen LogP contribution < -0.4 is 14.2 Å². The van der Waals surface area contributed by atoms with Gasteiger partial charge in [0.15, 0.2) is 0 Å². The van der Waals surface area contributed by atoms with E-state index in [0.717, 1.165) is 11.3 Å². The number of benzene rings is 2. The lowest BCUT2D eigenvalue weighted by Crippen LogP contribution is -1.91. The van der Waals surface area contributed by atoms with Gasteiger partial charge < -0.3 is 19.3 Å². The number of hydrogen-bond donors (Lipinski definition) is 1. The molecule has 2 aromatic carbocycles. The van der Waals surface area contributed by atoms with Crippen LogP contribution >= 0.6 is 0 Å². The second-order valence-corrected chi connectivity index (χ2v) is 4.20. The van der Waals surface area contributed by atoms with Crippen LogP contribution in [0.15, 0.2) is 36.4 Å². The minimum absolute atomic E-state index is 0.0206. The monoisotopic (exact) mass is 284 g/mol. The normalized spacial score (nSPS) is 9.48. The number of methoxy groups -OCH3 is 3. The summed E-state index contributed by atoms with van der Waals surface area (Å²) in [6, 6.07) is 10.5. The second kappa shape index (κ2) is 6.58. The zero-order valence-corrected chi connectivity index (χ0v) is 12.1. The molecule has 0 aliphatic rings. The molecule has 0 aliphatic heterocycles. The molecule has 0 saturated heterocycles. The lowest BCUT2D eigenvalue weighted by atomic mass is 10.1. The highest BCUT2D eigenvalue weighted by molar-refractivity contribution is 5.59. The summed E-state index contributed by atoms with van der Waals surface area (Å²) in [5, 5.41) is 10.0. The molecule has 4 nitrogen and oxygen atoms in total. The third kappa shape index (κ3) is 3.40. The number of phenols is 1. The molecule has 0 heterocycles. The molecular formula is C17H16O4. The number of aromatic hydroxyl groups is 1. The minimum atomic E-state index is 0.0206. The zero-order chi connectivity index (χ0) is 15.2. The smallest absolute Gasteiger partial charge is 0.141 e. The highest BCUT2D eigenvalue weighted by atomic mass is 16.5. The quantitative estimate of drug-likeness (QED) is 0.880. The van der Waals surface area contributed by atoms with Crippen molar-refractivity contribution in [3.63, 3.8) is 0 Å². The van der Waals surface area contributed by atoms with Gasteiger partial charge in [-0.15, -0.1) is 0 Å². The van der Waals surface area contributed by atoms with Gasteiger partial charge in [-0.2, -0.15) is 0 Å². The van der Waals surface area contributed by atoms with Gasteiger partial charge in [-0.3, -0.25) is 0 Å². The van der Waals surface area contributed by atoms with E-state index >= 15 is 0 Å². The number of hydrogen-bond acceptors (Lipinski definition) is 4. The van der Waals surface area contributed by atoms with Crippen molar-refractivity contribution in [2.45, 2.75) is 0 Å². The molecule has 2 aromatic rings. The molecule has 4 heteroatoms. The van der Waals surface area contributed by atoms with E-state index in [1.54, 1.807) is 13.2 Å². The van der Waals surface area contributed by atoms with Gasteiger partial charge in [-0.1, -0.05) is 11.8 Å². The molecule has 0 unspecified atom stereocenters. The molecule has 0 atom stereocenters. The number of ether oxygens (including phenoxy) is 3. The van der Waals surface area contributed by atoms with Crippen molar-refractivity contribution in [3.8, 4) is 34.8 Å². The summed E-state index contributed by atoms with van der Waals surface area (Å²) in [4.78, 5) is 0. The minimum Gasteiger partial charge on any atom is -0.506 e. The van der Waals surface area contributed by atoms with E-state index in [1.165, 1.54) is 20.3 Å². The van der Waals surface area contributed by atoms with E-state index < -0.39 is 0 Å². The molecule has 0 bridgehead atoms. The van der Waals surface area contributed by atoms with Crippen molar-refractivity contribution in [2.24, 2.45) is 0 Å². The zero-order valence-electron chi connectivity index (χ0n) is 12.1. The maximum Gasteiger partial charge on any atom is 0.141 e. The van der Waals surface area contributed by atoms with Crippen LogP contribution in [0.4, 0.5) is 0 Å². The predicted molar refractivity (Wildman–Crippen MR) is 80.2 cm³/mol. The fourth-order valence-corrected chi connectivity index (χ4v) is 1.79. The Hall–Kier alpha value is -2.80. The van der Waals surface area contributed by atoms with Crippen LogP contribution in [0.2, 0.25) is 0 Å². The SMILES string of the molecule is COc1ccc(C#Cc2c(O)cc(OC)cc2OC)cc1. The van der Waals surface area contributed by atoms with Gasteiger partial charge in [-0.25, -0.2) is 0 Å². The fourth-order valence-electron chi connectivity index (χ4n) is 1.79. The van der Waals surface area contributed by atoms with E-state index in [2.05, 4.69) is 11.8 Å². The van der Waals surface area contributed by atoms with Crippen LogP contribution in [-0.2, 0) is 0 Å². The summed E-state index contributed by atoms with van der Waals surface area (Å²) < 4.78 is 15.4. The van der Waals surface area contributed by atoms with Crippen molar-refractivity contribution >= 4 is 0 Å². The van der Waals surface area contributed by atoms with E-state index in [0.29, 0.717) is 17.1 Å². The molecule has 2 rings (SSSR count). The topological polar surface area (TPSA) is 47.9 Å². The maximum absolute atomic E-state index is 10.0. The highest BCUT2D eigenvalue weighted by Crippen LogP contribution is 2.32. The van der Waals surface area contributed by atoms with Gasteiger partial charge in [0.05, 0.1) is 21.3 Å². The van der Waals surface area contributed by atoms with Gasteiger partial charge in [0.2, 0.25) is 0 Å². The first-order valence-electron chi connectivity index (χ1n) is 6.29. The second-order valence-electron chi connectivity index (χ2n) is 4.20. The summed E-state index contributed by atoms with van der Waals surface area (Å²) in [6.07, 6.45) is 0. The van der Waals surface area contributed by atoms with Crippen LogP contribution in [0.5, 0.6) is 23.0 Å². The largest absolute Gasteiger partial charge is 0.506 e. The Morgan fingerprint density at radius 1 is 0.810 bits per heavy atom. The Morgan fingerprint density at radius 2 is 1.48 bits per heavy atom. The molecule has 0 amide bonds. The average Bonchev–Trinajstić information content (AvgIpc) is 2.53. The van der Waals surface area contributed by atoms with Crippen molar-refractivity contribution in [2.75, 3.05) is 21.3 Å².